The highest BCUT2D eigenvalue weighted by Gasteiger charge is 2.16. The Labute approximate surface area is 131 Å². The third-order valence-electron chi connectivity index (χ3n) is 3.90. The first-order valence-electron chi connectivity index (χ1n) is 7.50. The summed E-state index contributed by atoms with van der Waals surface area (Å²) in [6.45, 7) is 5.53. The largest absolute Gasteiger partial charge is 0.325 e. The molecule has 21 heavy (non-hydrogen) atoms. The van der Waals surface area contributed by atoms with Crippen LogP contribution in [0, 0.1) is 12.8 Å². The smallest absolute Gasteiger partial charge is 0.238 e. The van der Waals surface area contributed by atoms with Crippen LogP contribution in [0.4, 0.5) is 5.69 Å². The first-order chi connectivity index (χ1) is 10.0. The number of benzene rings is 1. The molecule has 1 aliphatic rings. The van der Waals surface area contributed by atoms with E-state index in [1.54, 1.807) is 6.07 Å². The predicted molar refractivity (Wildman–Crippen MR) is 87.9 cm³/mol. The van der Waals surface area contributed by atoms with Crippen molar-refractivity contribution in [1.29, 1.82) is 0 Å². The average Bonchev–Trinajstić information content (AvgIpc) is 2.43. The molecule has 0 spiro atoms. The van der Waals surface area contributed by atoms with Crippen molar-refractivity contribution in [3.05, 3.63) is 28.8 Å². The Morgan fingerprint density at radius 2 is 2.14 bits per heavy atom. The van der Waals surface area contributed by atoms with Gasteiger partial charge in [-0.15, -0.1) is 0 Å². The molecule has 2 rings (SSSR count). The van der Waals surface area contributed by atoms with E-state index < -0.39 is 0 Å². The van der Waals surface area contributed by atoms with Crippen LogP contribution in [0.15, 0.2) is 18.2 Å². The zero-order valence-corrected chi connectivity index (χ0v) is 13.5. The van der Waals surface area contributed by atoms with Crippen LogP contribution >= 0.6 is 11.6 Å². The van der Waals surface area contributed by atoms with Crippen molar-refractivity contribution in [3.8, 4) is 0 Å². The Morgan fingerprint density at radius 1 is 1.43 bits per heavy atom. The van der Waals surface area contributed by atoms with Crippen molar-refractivity contribution in [1.82, 2.24) is 10.2 Å². The van der Waals surface area contributed by atoms with Gasteiger partial charge >= 0.3 is 0 Å². The summed E-state index contributed by atoms with van der Waals surface area (Å²) in [5.74, 6) is 0.721. The maximum atomic E-state index is 12.1. The van der Waals surface area contributed by atoms with Gasteiger partial charge in [-0.05, 0) is 69.6 Å². The van der Waals surface area contributed by atoms with E-state index >= 15 is 0 Å². The van der Waals surface area contributed by atoms with Gasteiger partial charge in [0.1, 0.15) is 0 Å². The fraction of sp³-hybridized carbons (Fsp3) is 0.562. The molecule has 0 unspecified atom stereocenters. The lowest BCUT2D eigenvalue weighted by molar-refractivity contribution is -0.117. The molecule has 0 bridgehead atoms. The van der Waals surface area contributed by atoms with Gasteiger partial charge in [-0.25, -0.2) is 0 Å². The van der Waals surface area contributed by atoms with E-state index in [0.29, 0.717) is 17.5 Å². The van der Waals surface area contributed by atoms with Crippen molar-refractivity contribution < 1.29 is 4.79 Å². The van der Waals surface area contributed by atoms with Gasteiger partial charge in [0, 0.05) is 17.3 Å². The molecule has 1 fully saturated rings. The highest BCUT2D eigenvalue weighted by molar-refractivity contribution is 6.30. The summed E-state index contributed by atoms with van der Waals surface area (Å²) in [6, 6.07) is 5.50. The lowest BCUT2D eigenvalue weighted by atomic mass is 9.98. The summed E-state index contributed by atoms with van der Waals surface area (Å²) in [4.78, 5) is 14.2. The molecule has 1 saturated heterocycles. The highest BCUT2D eigenvalue weighted by atomic mass is 35.5. The minimum Gasteiger partial charge on any atom is -0.325 e. The number of carbonyl (C=O) groups is 1. The summed E-state index contributed by atoms with van der Waals surface area (Å²) >= 11 is 5.92. The van der Waals surface area contributed by atoms with E-state index in [1.807, 2.05) is 26.1 Å². The SMILES string of the molecule is Cc1cc(Cl)ccc1NC(=O)CN(C)CC1CCNCC1. The van der Waals surface area contributed by atoms with Crippen molar-refractivity contribution in [3.63, 3.8) is 0 Å². The molecule has 1 amide bonds. The molecular formula is C16H24ClN3O. The van der Waals surface area contributed by atoms with Crippen molar-refractivity contribution in [2.24, 2.45) is 5.92 Å². The van der Waals surface area contributed by atoms with Crippen LogP contribution in [0.2, 0.25) is 5.02 Å². The van der Waals surface area contributed by atoms with Gasteiger partial charge in [0.15, 0.2) is 0 Å². The molecule has 2 N–H and O–H groups in total. The van der Waals surface area contributed by atoms with Gasteiger partial charge in [0.05, 0.1) is 6.54 Å². The van der Waals surface area contributed by atoms with E-state index in [1.165, 1.54) is 12.8 Å². The Hall–Kier alpha value is -1.10. The van der Waals surface area contributed by atoms with Crippen molar-refractivity contribution in [2.45, 2.75) is 19.8 Å². The van der Waals surface area contributed by atoms with Gasteiger partial charge in [0.2, 0.25) is 5.91 Å². The molecule has 1 aromatic carbocycles. The van der Waals surface area contributed by atoms with Crippen LogP contribution in [0.25, 0.3) is 0 Å². The van der Waals surface area contributed by atoms with E-state index in [9.17, 15) is 4.79 Å². The van der Waals surface area contributed by atoms with Crippen molar-refractivity contribution >= 4 is 23.2 Å². The van der Waals surface area contributed by atoms with Gasteiger partial charge in [0.25, 0.3) is 0 Å². The molecule has 1 heterocycles. The number of piperidine rings is 1. The second-order valence-electron chi connectivity index (χ2n) is 5.90. The number of nitrogens with one attached hydrogen (secondary N) is 2. The summed E-state index contributed by atoms with van der Waals surface area (Å²) in [7, 11) is 2.01. The summed E-state index contributed by atoms with van der Waals surface area (Å²) < 4.78 is 0. The Morgan fingerprint density at radius 3 is 2.81 bits per heavy atom. The lowest BCUT2D eigenvalue weighted by Crippen LogP contribution is -2.37. The second kappa shape index (κ2) is 7.78. The summed E-state index contributed by atoms with van der Waals surface area (Å²) in [5, 5.41) is 7.01. The number of nitrogens with zero attached hydrogens (tertiary/aromatic N) is 1. The molecule has 0 radical (unpaired) electrons. The lowest BCUT2D eigenvalue weighted by Gasteiger charge is -2.27. The number of anilines is 1. The Bertz CT molecular complexity index is 486. The third kappa shape index (κ3) is 5.30. The van der Waals surface area contributed by atoms with Crippen LogP contribution in [-0.4, -0.2) is 44.0 Å². The zero-order valence-electron chi connectivity index (χ0n) is 12.8. The van der Waals surface area contributed by atoms with E-state index in [4.69, 9.17) is 11.6 Å². The van der Waals surface area contributed by atoms with Crippen LogP contribution < -0.4 is 10.6 Å². The number of likely N-dealkylation sites (N-methyl/N-ethyl adjacent to an activating group) is 1. The fourth-order valence-corrected chi connectivity index (χ4v) is 3.00. The van der Waals surface area contributed by atoms with Gasteiger partial charge in [-0.2, -0.15) is 0 Å². The summed E-state index contributed by atoms with van der Waals surface area (Å²) in [6.07, 6.45) is 2.39. The Kier molecular flexibility index (Phi) is 6.03. The molecule has 0 saturated carbocycles. The first kappa shape index (κ1) is 16.3. The molecule has 1 aromatic rings. The zero-order chi connectivity index (χ0) is 15.2. The summed E-state index contributed by atoms with van der Waals surface area (Å²) in [5.41, 5.74) is 1.82. The van der Waals surface area contributed by atoms with Gasteiger partial charge in [-0.1, -0.05) is 11.6 Å². The number of aryl methyl sites for hydroxylation is 1. The number of hydrogen-bond acceptors (Lipinski definition) is 3. The molecule has 1 aliphatic heterocycles. The fourth-order valence-electron chi connectivity index (χ4n) is 2.77. The van der Waals surface area contributed by atoms with Gasteiger partial charge in [-0.3, -0.25) is 9.69 Å². The standard InChI is InChI=1S/C16H24ClN3O/c1-12-9-14(17)3-4-15(12)19-16(21)11-20(2)10-13-5-7-18-8-6-13/h3-4,9,13,18H,5-8,10-11H2,1-2H3,(H,19,21). The molecule has 0 atom stereocenters. The minimum absolute atomic E-state index is 0.0249. The minimum atomic E-state index is 0.0249. The van der Waals surface area contributed by atoms with Crippen LogP contribution in [0.1, 0.15) is 18.4 Å². The predicted octanol–water partition coefficient (Wildman–Crippen LogP) is 2.52. The maximum absolute atomic E-state index is 12.1. The molecule has 0 aliphatic carbocycles. The van der Waals surface area contributed by atoms with E-state index in [-0.39, 0.29) is 5.91 Å². The number of hydrogen-bond donors (Lipinski definition) is 2. The number of rotatable bonds is 5. The van der Waals surface area contributed by atoms with Crippen LogP contribution in [0.3, 0.4) is 0 Å². The number of amides is 1. The molecule has 116 valence electrons. The number of carbonyl (C=O) groups excluding carboxylic acids is 1. The molecule has 0 aromatic heterocycles. The highest BCUT2D eigenvalue weighted by Crippen LogP contribution is 2.19. The number of halogens is 1. The second-order valence-corrected chi connectivity index (χ2v) is 6.33. The van der Waals surface area contributed by atoms with E-state index in [0.717, 1.165) is 30.9 Å². The molecule has 5 heteroatoms. The Balaban J connectivity index is 1.80. The quantitative estimate of drug-likeness (QED) is 0.878. The van der Waals surface area contributed by atoms with Crippen molar-refractivity contribution in [2.75, 3.05) is 38.5 Å². The average molecular weight is 310 g/mol. The first-order valence-corrected chi connectivity index (χ1v) is 7.87. The third-order valence-corrected chi connectivity index (χ3v) is 4.14. The van der Waals surface area contributed by atoms with Crippen LogP contribution in [0.5, 0.6) is 0 Å². The van der Waals surface area contributed by atoms with Gasteiger partial charge < -0.3 is 10.6 Å². The van der Waals surface area contributed by atoms with E-state index in [2.05, 4.69) is 15.5 Å². The topological polar surface area (TPSA) is 44.4 Å². The maximum Gasteiger partial charge on any atom is 0.238 e. The normalized spacial score (nSPS) is 16.2. The molecule has 4 nitrogen and oxygen atoms in total. The molecular weight excluding hydrogens is 286 g/mol. The monoisotopic (exact) mass is 309 g/mol. The van der Waals surface area contributed by atoms with Crippen LogP contribution in [-0.2, 0) is 4.79 Å².